The van der Waals surface area contributed by atoms with Crippen LogP contribution in [-0.4, -0.2) is 23.3 Å². The van der Waals surface area contributed by atoms with Crippen LogP contribution in [0.5, 0.6) is 0 Å². The fraction of sp³-hybridized carbons (Fsp3) is 0.500. The average Bonchev–Trinajstić information content (AvgIpc) is 2.52. The largest absolute Gasteiger partial charge is 0.0739 e. The van der Waals surface area contributed by atoms with Gasteiger partial charge >= 0.3 is 0 Å². The van der Waals surface area contributed by atoms with Gasteiger partial charge in [0.15, 0.2) is 0 Å². The summed E-state index contributed by atoms with van der Waals surface area (Å²) >= 11 is 0. The van der Waals surface area contributed by atoms with Gasteiger partial charge in [0.25, 0.3) is 0 Å². The van der Waals surface area contributed by atoms with Crippen molar-refractivity contribution in [1.29, 1.82) is 0 Å². The number of fused-ring (bicyclic) bond motifs is 1. The lowest BCUT2D eigenvalue weighted by Crippen LogP contribution is -2.63. The first-order chi connectivity index (χ1) is 10.6. The van der Waals surface area contributed by atoms with Crippen molar-refractivity contribution < 1.29 is 0 Å². The van der Waals surface area contributed by atoms with E-state index in [-0.39, 0.29) is 0 Å². The topological polar surface area (TPSA) is 0 Å². The summed E-state index contributed by atoms with van der Waals surface area (Å²) in [4.78, 5) is 0. The minimum Gasteiger partial charge on any atom is -0.0710 e. The highest BCUT2D eigenvalue weighted by Crippen LogP contribution is 2.30. The molecule has 0 heterocycles. The average molecular weight is 359 g/mol. The number of benzene rings is 2. The maximum absolute atomic E-state index is 2.66. The molecule has 0 unspecified atom stereocenters. The molecule has 3 heteroatoms. The molecule has 0 radical (unpaired) electrons. The molecule has 23 heavy (non-hydrogen) atoms. The molecule has 0 N–H and O–H groups in total. The summed E-state index contributed by atoms with van der Waals surface area (Å²) in [5, 5.41) is 4.46. The fourth-order valence-electron chi connectivity index (χ4n) is 3.11. The van der Waals surface area contributed by atoms with Crippen LogP contribution in [0.1, 0.15) is 6.92 Å². The molecule has 0 aromatic heterocycles. The molecule has 0 bridgehead atoms. The van der Waals surface area contributed by atoms with Gasteiger partial charge in [-0.15, -0.1) is 0 Å². The third-order valence-electron chi connectivity index (χ3n) is 6.55. The van der Waals surface area contributed by atoms with Crippen molar-refractivity contribution in [2.45, 2.75) is 64.3 Å². The van der Waals surface area contributed by atoms with Gasteiger partial charge in [0, 0.05) is 15.7 Å². The molecule has 126 valence electrons. The first kappa shape index (κ1) is 18.7. The highest BCUT2D eigenvalue weighted by molar-refractivity contribution is 7.45. The second-order valence-electron chi connectivity index (χ2n) is 9.09. The van der Waals surface area contributed by atoms with Crippen LogP contribution in [0.15, 0.2) is 42.5 Å². The van der Waals surface area contributed by atoms with E-state index >= 15 is 0 Å². The van der Waals surface area contributed by atoms with E-state index in [1.54, 1.807) is 5.19 Å². The Morgan fingerprint density at radius 1 is 0.739 bits per heavy atom. The van der Waals surface area contributed by atoms with Crippen LogP contribution >= 0.6 is 0 Å². The van der Waals surface area contributed by atoms with E-state index in [2.05, 4.69) is 88.7 Å². The molecule has 0 saturated carbocycles. The first-order valence-electron chi connectivity index (χ1n) is 9.08. The minimum absolute atomic E-state index is 0.954. The van der Waals surface area contributed by atoms with E-state index < -0.39 is 23.3 Å². The number of hydrogen-bond donors (Lipinski definition) is 0. The molecule has 2 aromatic carbocycles. The molecule has 2 rings (SSSR count). The van der Waals surface area contributed by atoms with Crippen LogP contribution in [0.25, 0.3) is 10.8 Å². The Balaban J connectivity index is 2.30. The SMILES string of the molecule is CC[Si](C)(C)CC[Si](C)(C)[Si](C)(C)c1ccc2ccccc2c1. The molecule has 0 aliphatic rings. The smallest absolute Gasteiger partial charge is 0.0710 e. The van der Waals surface area contributed by atoms with Crippen molar-refractivity contribution in [1.82, 2.24) is 0 Å². The van der Waals surface area contributed by atoms with Crippen molar-refractivity contribution in [2.24, 2.45) is 0 Å². The number of rotatable bonds is 6. The predicted molar refractivity (Wildman–Crippen MR) is 116 cm³/mol. The highest BCUT2D eigenvalue weighted by Gasteiger charge is 2.42. The fourth-order valence-corrected chi connectivity index (χ4v) is 16.9. The molecular formula is C20H34Si3. The zero-order valence-corrected chi connectivity index (χ0v) is 19.2. The van der Waals surface area contributed by atoms with E-state index in [0.717, 1.165) is 0 Å². The van der Waals surface area contributed by atoms with Gasteiger partial charge in [-0.05, 0) is 10.8 Å². The summed E-state index contributed by atoms with van der Waals surface area (Å²) in [6, 6.07) is 20.5. The van der Waals surface area contributed by atoms with E-state index in [4.69, 9.17) is 0 Å². The van der Waals surface area contributed by atoms with Gasteiger partial charge in [-0.3, -0.25) is 0 Å². The lowest BCUT2D eigenvalue weighted by molar-refractivity contribution is 1.22. The standard InChI is InChI=1S/C20H34Si3/c1-8-21(2,3)15-16-22(4,5)23(6,7)20-14-13-18-11-9-10-12-19(18)17-20/h9-14,17H,8,15-16H2,1-7H3. The summed E-state index contributed by atoms with van der Waals surface area (Å²) in [7, 11) is -3.54. The third kappa shape index (κ3) is 4.06. The van der Waals surface area contributed by atoms with Crippen LogP contribution in [0.4, 0.5) is 0 Å². The molecule has 0 amide bonds. The van der Waals surface area contributed by atoms with Crippen molar-refractivity contribution in [3.8, 4) is 0 Å². The number of hydrogen-bond acceptors (Lipinski definition) is 0. The summed E-state index contributed by atoms with van der Waals surface area (Å²) in [5.74, 6) is 0. The maximum Gasteiger partial charge on any atom is 0.0739 e. The molecule has 0 fully saturated rings. The van der Waals surface area contributed by atoms with Gasteiger partial charge in [-0.1, -0.05) is 112 Å². The molecular weight excluding hydrogens is 324 g/mol. The third-order valence-corrected chi connectivity index (χ3v) is 29.0. The molecule has 0 saturated heterocycles. The van der Waals surface area contributed by atoms with Gasteiger partial charge < -0.3 is 0 Å². The molecule has 0 atom stereocenters. The quantitative estimate of drug-likeness (QED) is 0.534. The molecule has 0 nitrogen and oxygen atoms in total. The molecule has 2 aromatic rings. The Bertz CT molecular complexity index is 671. The Kier molecular flexibility index (Phi) is 5.44. The zero-order valence-electron chi connectivity index (χ0n) is 16.2. The highest BCUT2D eigenvalue weighted by atomic mass is 29.3. The predicted octanol–water partition coefficient (Wildman–Crippen LogP) is 6.27. The van der Waals surface area contributed by atoms with Crippen molar-refractivity contribution >= 4 is 39.2 Å². The van der Waals surface area contributed by atoms with Crippen LogP contribution in [0.2, 0.25) is 57.4 Å². The summed E-state index contributed by atoms with van der Waals surface area (Å²) < 4.78 is 0. The van der Waals surface area contributed by atoms with Gasteiger partial charge in [0.05, 0.1) is 7.59 Å². The Morgan fingerprint density at radius 3 is 1.96 bits per heavy atom. The van der Waals surface area contributed by atoms with Crippen LogP contribution in [0.3, 0.4) is 0 Å². The first-order valence-corrected chi connectivity index (χ1v) is 19.7. The van der Waals surface area contributed by atoms with Crippen molar-refractivity contribution in [2.75, 3.05) is 0 Å². The summed E-state index contributed by atoms with van der Waals surface area (Å²) in [6.45, 7) is 18.1. The zero-order chi connectivity index (χ0) is 17.3. The van der Waals surface area contributed by atoms with E-state index in [1.165, 1.54) is 28.9 Å². The lowest BCUT2D eigenvalue weighted by Gasteiger charge is -2.40. The Labute approximate surface area is 146 Å². The molecule has 0 spiro atoms. The second kappa shape index (κ2) is 6.69. The van der Waals surface area contributed by atoms with Crippen LogP contribution in [0, 0.1) is 0 Å². The van der Waals surface area contributed by atoms with Crippen LogP contribution < -0.4 is 5.19 Å². The lowest BCUT2D eigenvalue weighted by atomic mass is 10.1. The van der Waals surface area contributed by atoms with Crippen molar-refractivity contribution in [3.05, 3.63) is 42.5 Å². The monoisotopic (exact) mass is 358 g/mol. The normalized spacial score (nSPS) is 13.5. The second-order valence-corrected chi connectivity index (χ2v) is 30.5. The minimum atomic E-state index is -1.38. The van der Waals surface area contributed by atoms with Gasteiger partial charge in [0.2, 0.25) is 0 Å². The van der Waals surface area contributed by atoms with E-state index in [0.29, 0.717) is 0 Å². The van der Waals surface area contributed by atoms with E-state index in [9.17, 15) is 0 Å². The summed E-state index contributed by atoms with van der Waals surface area (Å²) in [6.07, 6.45) is 0. The molecule has 0 aliphatic heterocycles. The maximum atomic E-state index is 2.66. The summed E-state index contributed by atoms with van der Waals surface area (Å²) in [5.41, 5.74) is 0. The van der Waals surface area contributed by atoms with Crippen molar-refractivity contribution in [3.63, 3.8) is 0 Å². The van der Waals surface area contributed by atoms with Gasteiger partial charge in [-0.25, -0.2) is 0 Å². The van der Waals surface area contributed by atoms with Gasteiger partial charge in [0.1, 0.15) is 0 Å². The van der Waals surface area contributed by atoms with Gasteiger partial charge in [-0.2, -0.15) is 0 Å². The van der Waals surface area contributed by atoms with Crippen LogP contribution in [-0.2, 0) is 0 Å². The van der Waals surface area contributed by atoms with E-state index in [1.807, 2.05) is 0 Å². The Morgan fingerprint density at radius 2 is 1.35 bits per heavy atom. The Hall–Kier alpha value is -0.649. The molecule has 0 aliphatic carbocycles.